The van der Waals surface area contributed by atoms with Crippen molar-refractivity contribution in [2.45, 2.75) is 12.5 Å². The van der Waals surface area contributed by atoms with E-state index in [1.54, 1.807) is 6.07 Å². The van der Waals surface area contributed by atoms with Crippen molar-refractivity contribution < 1.29 is 5.11 Å². The molecule has 2 aromatic rings. The second kappa shape index (κ2) is 4.87. The van der Waals surface area contributed by atoms with E-state index in [0.29, 0.717) is 5.75 Å². The predicted octanol–water partition coefficient (Wildman–Crippen LogP) is 3.62. The van der Waals surface area contributed by atoms with Gasteiger partial charge in [-0.15, -0.1) is 0 Å². The number of hydrogen-bond donors (Lipinski definition) is 1. The molecule has 0 saturated heterocycles. The quantitative estimate of drug-likeness (QED) is 0.858. The Hall–Kier alpha value is -1.51. The van der Waals surface area contributed by atoms with E-state index in [4.69, 9.17) is 11.6 Å². The number of aromatic hydroxyl groups is 1. The third-order valence-electron chi connectivity index (χ3n) is 3.78. The Kier molecular flexibility index (Phi) is 3.21. The monoisotopic (exact) mass is 273 g/mol. The van der Waals surface area contributed by atoms with E-state index < -0.39 is 0 Å². The maximum Gasteiger partial charge on any atom is 0.115 e. The first-order valence-electron chi connectivity index (χ1n) is 6.42. The van der Waals surface area contributed by atoms with Crippen LogP contribution in [0.2, 0.25) is 5.02 Å². The number of phenols is 1. The van der Waals surface area contributed by atoms with Crippen molar-refractivity contribution in [3.05, 3.63) is 64.2 Å². The number of benzene rings is 2. The van der Waals surface area contributed by atoms with Crippen molar-refractivity contribution in [3.8, 4) is 5.75 Å². The van der Waals surface area contributed by atoms with Crippen LogP contribution in [0, 0.1) is 0 Å². The molecule has 3 rings (SSSR count). The second-order valence-corrected chi connectivity index (χ2v) is 5.50. The van der Waals surface area contributed by atoms with Crippen LogP contribution in [0.1, 0.15) is 22.7 Å². The molecule has 3 heteroatoms. The Balaban J connectivity index is 2.08. The van der Waals surface area contributed by atoms with Crippen molar-refractivity contribution in [3.63, 3.8) is 0 Å². The summed E-state index contributed by atoms with van der Waals surface area (Å²) in [5, 5.41) is 10.4. The van der Waals surface area contributed by atoms with Crippen LogP contribution in [0.5, 0.6) is 5.75 Å². The molecule has 1 aliphatic heterocycles. The minimum atomic E-state index is 0.238. The molecule has 1 aliphatic rings. The van der Waals surface area contributed by atoms with Gasteiger partial charge in [-0.2, -0.15) is 0 Å². The lowest BCUT2D eigenvalue weighted by molar-refractivity contribution is 0.264. The van der Waals surface area contributed by atoms with E-state index in [0.717, 1.165) is 18.0 Å². The Labute approximate surface area is 118 Å². The minimum absolute atomic E-state index is 0.238. The van der Waals surface area contributed by atoms with Crippen molar-refractivity contribution in [1.82, 2.24) is 4.90 Å². The molecule has 0 radical (unpaired) electrons. The molecular weight excluding hydrogens is 258 g/mol. The fourth-order valence-electron chi connectivity index (χ4n) is 2.82. The smallest absolute Gasteiger partial charge is 0.115 e. The van der Waals surface area contributed by atoms with Crippen LogP contribution in [0.15, 0.2) is 42.5 Å². The zero-order valence-electron chi connectivity index (χ0n) is 10.8. The van der Waals surface area contributed by atoms with Crippen LogP contribution >= 0.6 is 11.6 Å². The van der Waals surface area contributed by atoms with Crippen LogP contribution in [0.25, 0.3) is 0 Å². The van der Waals surface area contributed by atoms with E-state index in [1.807, 2.05) is 24.3 Å². The number of halogens is 1. The van der Waals surface area contributed by atoms with Gasteiger partial charge in [0.2, 0.25) is 0 Å². The summed E-state index contributed by atoms with van der Waals surface area (Å²) in [6.45, 7) is 0.990. The molecule has 2 nitrogen and oxygen atoms in total. The van der Waals surface area contributed by atoms with Crippen LogP contribution in [-0.4, -0.2) is 23.6 Å². The summed E-state index contributed by atoms with van der Waals surface area (Å²) in [6.07, 6.45) is 0.977. The van der Waals surface area contributed by atoms with Crippen LogP contribution in [0.4, 0.5) is 0 Å². The SMILES string of the molecule is CN1CCc2cc(O)ccc2C1c1ccc(Cl)cc1. The van der Waals surface area contributed by atoms with Crippen LogP contribution in [-0.2, 0) is 6.42 Å². The third-order valence-corrected chi connectivity index (χ3v) is 4.03. The first kappa shape index (κ1) is 12.5. The molecule has 98 valence electrons. The molecule has 0 aromatic heterocycles. The highest BCUT2D eigenvalue weighted by Gasteiger charge is 2.26. The maximum atomic E-state index is 9.62. The van der Waals surface area contributed by atoms with Crippen LogP contribution < -0.4 is 0 Å². The summed E-state index contributed by atoms with van der Waals surface area (Å²) in [5.74, 6) is 0.346. The summed E-state index contributed by atoms with van der Waals surface area (Å²) in [4.78, 5) is 2.34. The Morgan fingerprint density at radius 1 is 1.16 bits per heavy atom. The molecule has 2 aromatic carbocycles. The van der Waals surface area contributed by atoms with Gasteiger partial charge in [0.25, 0.3) is 0 Å². The molecule has 1 atom stereocenters. The molecular formula is C16H16ClNO. The Bertz CT molecular complexity index is 594. The number of nitrogens with zero attached hydrogens (tertiary/aromatic N) is 1. The van der Waals surface area contributed by atoms with Crippen molar-refractivity contribution in [2.24, 2.45) is 0 Å². The van der Waals surface area contributed by atoms with E-state index >= 15 is 0 Å². The van der Waals surface area contributed by atoms with Gasteiger partial charge >= 0.3 is 0 Å². The topological polar surface area (TPSA) is 23.5 Å². The Morgan fingerprint density at radius 3 is 2.63 bits per heavy atom. The highest BCUT2D eigenvalue weighted by Crippen LogP contribution is 2.35. The first-order valence-corrected chi connectivity index (χ1v) is 6.80. The van der Waals surface area contributed by atoms with Gasteiger partial charge in [-0.25, -0.2) is 0 Å². The van der Waals surface area contributed by atoms with E-state index in [-0.39, 0.29) is 6.04 Å². The maximum absolute atomic E-state index is 9.62. The van der Waals surface area contributed by atoms with Gasteiger partial charge in [-0.05, 0) is 54.4 Å². The van der Waals surface area contributed by atoms with Gasteiger partial charge in [0, 0.05) is 11.6 Å². The van der Waals surface area contributed by atoms with E-state index in [1.165, 1.54) is 16.7 Å². The zero-order chi connectivity index (χ0) is 13.4. The lowest BCUT2D eigenvalue weighted by atomic mass is 9.88. The van der Waals surface area contributed by atoms with Gasteiger partial charge < -0.3 is 5.11 Å². The summed E-state index contributed by atoms with van der Waals surface area (Å²) >= 11 is 5.96. The fourth-order valence-corrected chi connectivity index (χ4v) is 2.94. The average molecular weight is 274 g/mol. The highest BCUT2D eigenvalue weighted by atomic mass is 35.5. The van der Waals surface area contributed by atoms with E-state index in [9.17, 15) is 5.11 Å². The number of fused-ring (bicyclic) bond motifs is 1. The number of hydrogen-bond acceptors (Lipinski definition) is 2. The molecule has 0 amide bonds. The molecule has 1 N–H and O–H groups in total. The van der Waals surface area contributed by atoms with Crippen LogP contribution in [0.3, 0.4) is 0 Å². The number of likely N-dealkylation sites (N-methyl/N-ethyl adjacent to an activating group) is 1. The highest BCUT2D eigenvalue weighted by molar-refractivity contribution is 6.30. The first-order chi connectivity index (χ1) is 9.15. The second-order valence-electron chi connectivity index (χ2n) is 5.07. The molecule has 0 saturated carbocycles. The fraction of sp³-hybridized carbons (Fsp3) is 0.250. The predicted molar refractivity (Wildman–Crippen MR) is 77.7 cm³/mol. The molecule has 1 heterocycles. The van der Waals surface area contributed by atoms with Gasteiger partial charge in [0.05, 0.1) is 6.04 Å². The molecule has 0 aliphatic carbocycles. The number of phenolic OH excluding ortho intramolecular Hbond substituents is 1. The van der Waals surface area contributed by atoms with Crippen molar-refractivity contribution in [2.75, 3.05) is 13.6 Å². The minimum Gasteiger partial charge on any atom is -0.508 e. The summed E-state index contributed by atoms with van der Waals surface area (Å²) in [5.41, 5.74) is 3.74. The van der Waals surface area contributed by atoms with Gasteiger partial charge in [0.1, 0.15) is 5.75 Å². The lowest BCUT2D eigenvalue weighted by Crippen LogP contribution is -2.32. The zero-order valence-corrected chi connectivity index (χ0v) is 11.6. The molecule has 0 fully saturated rings. The number of rotatable bonds is 1. The summed E-state index contributed by atoms with van der Waals surface area (Å²) in [7, 11) is 2.13. The van der Waals surface area contributed by atoms with Gasteiger partial charge in [-0.1, -0.05) is 29.8 Å². The molecule has 0 spiro atoms. The molecule has 0 bridgehead atoms. The van der Waals surface area contributed by atoms with Gasteiger partial charge in [-0.3, -0.25) is 4.90 Å². The summed E-state index contributed by atoms with van der Waals surface area (Å²) < 4.78 is 0. The normalized spacial score (nSPS) is 19.2. The lowest BCUT2D eigenvalue weighted by Gasteiger charge is -2.35. The summed E-state index contributed by atoms with van der Waals surface area (Å²) in [6, 6.07) is 13.9. The average Bonchev–Trinajstić information content (AvgIpc) is 2.40. The van der Waals surface area contributed by atoms with Crippen molar-refractivity contribution in [1.29, 1.82) is 0 Å². The van der Waals surface area contributed by atoms with Gasteiger partial charge in [0.15, 0.2) is 0 Å². The third kappa shape index (κ3) is 2.34. The largest absolute Gasteiger partial charge is 0.508 e. The molecule has 19 heavy (non-hydrogen) atoms. The van der Waals surface area contributed by atoms with Crippen molar-refractivity contribution >= 4 is 11.6 Å². The molecule has 1 unspecified atom stereocenters. The standard InChI is InChI=1S/C16H16ClNO/c1-18-9-8-12-10-14(19)6-7-15(12)16(18)11-2-4-13(17)5-3-11/h2-7,10,16,19H,8-9H2,1H3. The Morgan fingerprint density at radius 2 is 1.89 bits per heavy atom. The van der Waals surface area contributed by atoms with E-state index in [2.05, 4.69) is 24.1 Å².